The van der Waals surface area contributed by atoms with Crippen LogP contribution in [-0.2, 0) is 6.42 Å². The zero-order valence-corrected chi connectivity index (χ0v) is 9.11. The lowest BCUT2D eigenvalue weighted by atomic mass is 10.2. The standard InChI is InChI=1S/C10H11N3OS/c1-7-6-15-9(13-7)5-8(14)10-11-3-2-4-12-10/h2-4,6,8,14H,5H2,1H3. The molecule has 0 aromatic carbocycles. The van der Waals surface area contributed by atoms with Crippen molar-refractivity contribution in [3.63, 3.8) is 0 Å². The lowest BCUT2D eigenvalue weighted by Crippen LogP contribution is -2.05. The topological polar surface area (TPSA) is 58.9 Å². The Kier molecular flexibility index (Phi) is 3.03. The van der Waals surface area contributed by atoms with Crippen LogP contribution in [0.3, 0.4) is 0 Å². The van der Waals surface area contributed by atoms with E-state index in [1.54, 1.807) is 29.8 Å². The van der Waals surface area contributed by atoms with Gasteiger partial charge in [0.2, 0.25) is 0 Å². The molecule has 2 aromatic heterocycles. The summed E-state index contributed by atoms with van der Waals surface area (Å²) in [5, 5.41) is 12.7. The van der Waals surface area contributed by atoms with Crippen molar-refractivity contribution >= 4 is 11.3 Å². The minimum absolute atomic E-state index is 0.449. The van der Waals surface area contributed by atoms with Crippen LogP contribution in [-0.4, -0.2) is 20.1 Å². The Bertz CT molecular complexity index is 429. The number of thiazole rings is 1. The smallest absolute Gasteiger partial charge is 0.157 e. The van der Waals surface area contributed by atoms with Crippen molar-refractivity contribution in [2.75, 3.05) is 0 Å². The fraction of sp³-hybridized carbons (Fsp3) is 0.300. The summed E-state index contributed by atoms with van der Waals surface area (Å²) >= 11 is 1.55. The number of aliphatic hydroxyl groups is 1. The predicted octanol–water partition coefficient (Wildman–Crippen LogP) is 1.52. The van der Waals surface area contributed by atoms with Gasteiger partial charge in [-0.25, -0.2) is 15.0 Å². The normalized spacial score (nSPS) is 12.7. The zero-order chi connectivity index (χ0) is 10.7. The third-order valence-electron chi connectivity index (χ3n) is 1.92. The molecule has 2 aromatic rings. The number of rotatable bonds is 3. The number of hydrogen-bond donors (Lipinski definition) is 1. The maximum Gasteiger partial charge on any atom is 0.157 e. The van der Waals surface area contributed by atoms with E-state index in [-0.39, 0.29) is 0 Å². The highest BCUT2D eigenvalue weighted by Crippen LogP contribution is 2.17. The van der Waals surface area contributed by atoms with Crippen LogP contribution in [0.15, 0.2) is 23.8 Å². The lowest BCUT2D eigenvalue weighted by Gasteiger charge is -2.05. The summed E-state index contributed by atoms with van der Waals surface area (Å²) in [4.78, 5) is 12.3. The fourth-order valence-electron chi connectivity index (χ4n) is 1.24. The van der Waals surface area contributed by atoms with Gasteiger partial charge in [0.25, 0.3) is 0 Å². The summed E-state index contributed by atoms with van der Waals surface area (Å²) in [5.41, 5.74) is 0.983. The molecule has 1 N–H and O–H groups in total. The van der Waals surface area contributed by atoms with Crippen molar-refractivity contribution in [2.24, 2.45) is 0 Å². The van der Waals surface area contributed by atoms with Gasteiger partial charge in [0.05, 0.1) is 5.01 Å². The third-order valence-corrected chi connectivity index (χ3v) is 2.91. The van der Waals surface area contributed by atoms with E-state index in [4.69, 9.17) is 0 Å². The van der Waals surface area contributed by atoms with Crippen molar-refractivity contribution in [2.45, 2.75) is 19.4 Å². The fourth-order valence-corrected chi connectivity index (χ4v) is 2.05. The van der Waals surface area contributed by atoms with Gasteiger partial charge in [-0.1, -0.05) is 0 Å². The largest absolute Gasteiger partial charge is 0.385 e. The van der Waals surface area contributed by atoms with E-state index in [1.807, 2.05) is 12.3 Å². The van der Waals surface area contributed by atoms with Gasteiger partial charge >= 0.3 is 0 Å². The second kappa shape index (κ2) is 4.46. The van der Waals surface area contributed by atoms with Gasteiger partial charge in [0.15, 0.2) is 5.82 Å². The van der Waals surface area contributed by atoms with E-state index in [2.05, 4.69) is 15.0 Å². The first kappa shape index (κ1) is 10.2. The third kappa shape index (κ3) is 2.57. The second-order valence-corrected chi connectivity index (χ2v) is 4.15. The summed E-state index contributed by atoms with van der Waals surface area (Å²) in [5.74, 6) is 0.449. The molecule has 0 fully saturated rings. The highest BCUT2D eigenvalue weighted by Gasteiger charge is 2.12. The van der Waals surface area contributed by atoms with E-state index >= 15 is 0 Å². The molecule has 0 saturated heterocycles. The van der Waals surface area contributed by atoms with Crippen LogP contribution < -0.4 is 0 Å². The van der Waals surface area contributed by atoms with Crippen molar-refractivity contribution in [3.05, 3.63) is 40.4 Å². The number of aryl methyl sites for hydroxylation is 1. The van der Waals surface area contributed by atoms with Crippen LogP contribution in [0.2, 0.25) is 0 Å². The summed E-state index contributed by atoms with van der Waals surface area (Å²) in [6, 6.07) is 1.73. The van der Waals surface area contributed by atoms with Gasteiger partial charge in [-0.05, 0) is 13.0 Å². The summed E-state index contributed by atoms with van der Waals surface area (Å²) in [6.45, 7) is 1.94. The molecular formula is C10H11N3OS. The molecule has 0 aliphatic heterocycles. The minimum atomic E-state index is -0.670. The molecule has 0 saturated carbocycles. The zero-order valence-electron chi connectivity index (χ0n) is 8.29. The summed E-state index contributed by atoms with van der Waals surface area (Å²) in [7, 11) is 0. The molecule has 2 rings (SSSR count). The summed E-state index contributed by atoms with van der Waals surface area (Å²) in [6.07, 6.45) is 3.05. The van der Waals surface area contributed by atoms with Crippen molar-refractivity contribution < 1.29 is 5.11 Å². The first-order valence-corrected chi connectivity index (χ1v) is 5.49. The van der Waals surface area contributed by atoms with Gasteiger partial charge < -0.3 is 5.11 Å². The van der Waals surface area contributed by atoms with E-state index in [0.717, 1.165) is 10.7 Å². The van der Waals surface area contributed by atoms with Crippen molar-refractivity contribution in [3.8, 4) is 0 Å². The van der Waals surface area contributed by atoms with Crippen molar-refractivity contribution in [1.82, 2.24) is 15.0 Å². The first-order chi connectivity index (χ1) is 7.25. The molecule has 78 valence electrons. The van der Waals surface area contributed by atoms with Crippen LogP contribution in [0.5, 0.6) is 0 Å². The van der Waals surface area contributed by atoms with Gasteiger partial charge in [-0.2, -0.15) is 0 Å². The number of aliphatic hydroxyl groups excluding tert-OH is 1. The van der Waals surface area contributed by atoms with Crippen LogP contribution in [0.1, 0.15) is 22.6 Å². The SMILES string of the molecule is Cc1csc(CC(O)c2ncccn2)n1. The van der Waals surface area contributed by atoms with Crippen LogP contribution in [0.4, 0.5) is 0 Å². The van der Waals surface area contributed by atoms with E-state index in [9.17, 15) is 5.11 Å². The Balaban J connectivity index is 2.07. The predicted molar refractivity (Wildman–Crippen MR) is 57.5 cm³/mol. The Hall–Kier alpha value is -1.33. The molecule has 0 radical (unpaired) electrons. The average Bonchev–Trinajstić information content (AvgIpc) is 2.65. The molecular weight excluding hydrogens is 210 g/mol. The molecule has 0 spiro atoms. The molecule has 1 unspecified atom stereocenters. The van der Waals surface area contributed by atoms with Gasteiger partial charge in [-0.15, -0.1) is 11.3 Å². The Morgan fingerprint density at radius 1 is 1.40 bits per heavy atom. The van der Waals surface area contributed by atoms with Gasteiger partial charge in [0.1, 0.15) is 6.10 Å². The molecule has 15 heavy (non-hydrogen) atoms. The summed E-state index contributed by atoms with van der Waals surface area (Å²) < 4.78 is 0. The molecule has 0 bridgehead atoms. The Morgan fingerprint density at radius 2 is 2.13 bits per heavy atom. The quantitative estimate of drug-likeness (QED) is 0.853. The molecule has 2 heterocycles. The molecule has 0 aliphatic rings. The van der Waals surface area contributed by atoms with E-state index in [0.29, 0.717) is 12.2 Å². The van der Waals surface area contributed by atoms with Gasteiger partial charge in [0, 0.05) is 29.9 Å². The van der Waals surface area contributed by atoms with E-state index < -0.39 is 6.10 Å². The lowest BCUT2D eigenvalue weighted by molar-refractivity contribution is 0.168. The molecule has 4 nitrogen and oxygen atoms in total. The van der Waals surface area contributed by atoms with Crippen molar-refractivity contribution in [1.29, 1.82) is 0 Å². The highest BCUT2D eigenvalue weighted by molar-refractivity contribution is 7.09. The number of aromatic nitrogens is 3. The molecule has 1 atom stereocenters. The number of hydrogen-bond acceptors (Lipinski definition) is 5. The average molecular weight is 221 g/mol. The number of nitrogens with zero attached hydrogens (tertiary/aromatic N) is 3. The van der Waals surface area contributed by atoms with E-state index in [1.165, 1.54) is 0 Å². The highest BCUT2D eigenvalue weighted by atomic mass is 32.1. The second-order valence-electron chi connectivity index (χ2n) is 3.21. The van der Waals surface area contributed by atoms with Crippen LogP contribution in [0.25, 0.3) is 0 Å². The minimum Gasteiger partial charge on any atom is -0.385 e. The Morgan fingerprint density at radius 3 is 2.73 bits per heavy atom. The first-order valence-electron chi connectivity index (χ1n) is 4.61. The molecule has 5 heteroatoms. The molecule has 0 aliphatic carbocycles. The molecule has 0 amide bonds. The Labute approximate surface area is 91.7 Å². The van der Waals surface area contributed by atoms with Crippen LogP contribution in [0, 0.1) is 6.92 Å². The van der Waals surface area contributed by atoms with Crippen LogP contribution >= 0.6 is 11.3 Å². The maximum atomic E-state index is 9.82. The monoisotopic (exact) mass is 221 g/mol. The maximum absolute atomic E-state index is 9.82. The van der Waals surface area contributed by atoms with Gasteiger partial charge in [-0.3, -0.25) is 0 Å².